The van der Waals surface area contributed by atoms with E-state index < -0.39 is 42.6 Å². The van der Waals surface area contributed by atoms with E-state index in [1.165, 1.54) is 18.2 Å². The van der Waals surface area contributed by atoms with E-state index in [4.69, 9.17) is 16.3 Å². The molecule has 0 aliphatic heterocycles. The number of amides is 2. The molecule has 1 unspecified atom stereocenters. The number of ether oxygens (including phenoxy) is 1. The molecule has 3 aromatic rings. The molecule has 40 heavy (non-hydrogen) atoms. The summed E-state index contributed by atoms with van der Waals surface area (Å²) in [5.74, 6) is -3.41. The van der Waals surface area contributed by atoms with Crippen molar-refractivity contribution in [2.24, 2.45) is 0 Å². The molecular formula is C28H29ClF3N5O3. The summed E-state index contributed by atoms with van der Waals surface area (Å²) in [6, 6.07) is 11.4. The van der Waals surface area contributed by atoms with Crippen LogP contribution >= 0.6 is 11.6 Å². The monoisotopic (exact) mass is 575 g/mol. The van der Waals surface area contributed by atoms with E-state index in [-0.39, 0.29) is 10.7 Å². The minimum atomic E-state index is -2.80. The van der Waals surface area contributed by atoms with Gasteiger partial charge >= 0.3 is 0 Å². The smallest absolute Gasteiger partial charge is 0.252 e. The molecule has 2 amide bonds. The van der Waals surface area contributed by atoms with E-state index in [0.717, 1.165) is 11.0 Å². The van der Waals surface area contributed by atoms with Crippen LogP contribution in [-0.2, 0) is 14.3 Å². The molecule has 4 rings (SSSR count). The Morgan fingerprint density at radius 3 is 2.48 bits per heavy atom. The predicted octanol–water partition coefficient (Wildman–Crippen LogP) is 5.17. The van der Waals surface area contributed by atoms with Crippen LogP contribution in [0.1, 0.15) is 24.4 Å². The van der Waals surface area contributed by atoms with Crippen molar-refractivity contribution in [3.8, 4) is 0 Å². The van der Waals surface area contributed by atoms with Crippen molar-refractivity contribution in [3.05, 3.63) is 96.2 Å². The molecule has 1 fully saturated rings. The molecular weight excluding hydrogens is 547 g/mol. The summed E-state index contributed by atoms with van der Waals surface area (Å²) in [5.41, 5.74) is 0.447. The van der Waals surface area contributed by atoms with Crippen LogP contribution < -0.4 is 15.1 Å². The van der Waals surface area contributed by atoms with Crippen molar-refractivity contribution >= 4 is 35.6 Å². The van der Waals surface area contributed by atoms with E-state index in [1.807, 2.05) is 4.90 Å². The average Bonchev–Trinajstić information content (AvgIpc) is 2.92. The quantitative estimate of drug-likeness (QED) is 0.317. The Kier molecular flexibility index (Phi) is 11.0. The third-order valence-corrected chi connectivity index (χ3v) is 6.29. The molecule has 0 radical (unpaired) electrons. The summed E-state index contributed by atoms with van der Waals surface area (Å²) < 4.78 is 44.7. The Morgan fingerprint density at radius 1 is 1.20 bits per heavy atom. The molecule has 0 saturated heterocycles. The summed E-state index contributed by atoms with van der Waals surface area (Å²) >= 11 is 6.20. The molecule has 1 atom stereocenters. The fourth-order valence-electron chi connectivity index (χ4n) is 3.97. The zero-order chi connectivity index (χ0) is 29.1. The summed E-state index contributed by atoms with van der Waals surface area (Å²) in [6.45, 7) is 5.02. The maximum absolute atomic E-state index is 13.6. The third kappa shape index (κ3) is 8.27. The van der Waals surface area contributed by atoms with Gasteiger partial charge < -0.3 is 15.0 Å². The fraction of sp³-hybridized carbons (Fsp3) is 0.286. The normalized spacial score (nSPS) is 14.5. The molecule has 1 aliphatic carbocycles. The Hall–Kier alpha value is -3.96. The second-order valence-corrected chi connectivity index (χ2v) is 9.21. The van der Waals surface area contributed by atoms with Gasteiger partial charge in [0.05, 0.1) is 6.61 Å². The number of nitrogens with zero attached hydrogens (tertiary/aromatic N) is 4. The molecule has 0 spiro atoms. The highest BCUT2D eigenvalue weighted by Gasteiger charge is 2.47. The molecule has 12 heteroatoms. The molecule has 1 N–H and O–H groups in total. The highest BCUT2D eigenvalue weighted by Crippen LogP contribution is 2.38. The predicted molar refractivity (Wildman–Crippen MR) is 147 cm³/mol. The number of methoxy groups -OCH3 is 1. The molecule has 1 aliphatic rings. The van der Waals surface area contributed by atoms with Crippen LogP contribution in [0.25, 0.3) is 0 Å². The zero-order valence-corrected chi connectivity index (χ0v) is 22.5. The van der Waals surface area contributed by atoms with Crippen molar-refractivity contribution in [3.63, 3.8) is 0 Å². The van der Waals surface area contributed by atoms with Crippen molar-refractivity contribution in [2.75, 3.05) is 30.1 Å². The standard InChI is InChI=1S/C19H16ClF3N2O2.C9H13N3O/c20-16-7-2-1-6-15(16)17(18(27)24-13-9-19(22,23)10-13)25(11-26)14-5-3-4-12(21)8-14;1-3-12(7-8-13-2)9-10-5-4-6-11-9/h1-8,11,13,17H,9-10H2,(H,24,27);3-6H,1,7-8H2,2H3. The molecule has 1 aromatic heterocycles. The highest BCUT2D eigenvalue weighted by atomic mass is 35.5. The van der Waals surface area contributed by atoms with E-state index >= 15 is 0 Å². The van der Waals surface area contributed by atoms with Crippen LogP contribution in [0, 0.1) is 5.82 Å². The number of halogens is 4. The topological polar surface area (TPSA) is 87.7 Å². The van der Waals surface area contributed by atoms with E-state index in [1.54, 1.807) is 56.0 Å². The maximum atomic E-state index is 13.6. The van der Waals surface area contributed by atoms with Gasteiger partial charge in [-0.15, -0.1) is 0 Å². The van der Waals surface area contributed by atoms with E-state index in [9.17, 15) is 22.8 Å². The first-order chi connectivity index (χ1) is 19.2. The molecule has 212 valence electrons. The van der Waals surface area contributed by atoms with Gasteiger partial charge in [0, 0.05) is 61.2 Å². The lowest BCUT2D eigenvalue weighted by Gasteiger charge is -2.37. The fourth-order valence-corrected chi connectivity index (χ4v) is 4.21. The lowest BCUT2D eigenvalue weighted by atomic mass is 9.87. The number of nitrogens with one attached hydrogen (secondary N) is 1. The molecule has 1 heterocycles. The third-order valence-electron chi connectivity index (χ3n) is 5.95. The van der Waals surface area contributed by atoms with Crippen molar-refractivity contribution < 1.29 is 27.5 Å². The first kappa shape index (κ1) is 30.6. The lowest BCUT2D eigenvalue weighted by molar-refractivity contribution is -0.131. The van der Waals surface area contributed by atoms with Gasteiger partial charge in [0.2, 0.25) is 18.3 Å². The number of alkyl halides is 2. The maximum Gasteiger partial charge on any atom is 0.252 e. The van der Waals surface area contributed by atoms with Gasteiger partial charge in [-0.2, -0.15) is 0 Å². The number of anilines is 2. The molecule has 0 bridgehead atoms. The van der Waals surface area contributed by atoms with Crippen LogP contribution in [0.2, 0.25) is 5.02 Å². The van der Waals surface area contributed by atoms with Crippen LogP contribution in [-0.4, -0.2) is 54.5 Å². The molecule has 1 saturated carbocycles. The molecule has 2 aromatic carbocycles. The number of carbonyl (C=O) groups is 2. The number of hydrogen-bond acceptors (Lipinski definition) is 6. The summed E-state index contributed by atoms with van der Waals surface area (Å²) in [5, 5.41) is 2.75. The second-order valence-electron chi connectivity index (χ2n) is 8.80. The van der Waals surface area contributed by atoms with Crippen molar-refractivity contribution in [2.45, 2.75) is 30.8 Å². The Bertz CT molecular complexity index is 1280. The second kappa shape index (κ2) is 14.4. The van der Waals surface area contributed by atoms with Gasteiger partial charge in [-0.1, -0.05) is 42.4 Å². The first-order valence-electron chi connectivity index (χ1n) is 12.3. The first-order valence-corrected chi connectivity index (χ1v) is 12.6. The summed E-state index contributed by atoms with van der Waals surface area (Å²) in [4.78, 5) is 35.7. The Balaban J connectivity index is 0.000000285. The van der Waals surface area contributed by atoms with E-state index in [2.05, 4.69) is 21.9 Å². The van der Waals surface area contributed by atoms with Gasteiger partial charge in [0.15, 0.2) is 0 Å². The number of aromatic nitrogens is 2. The number of carbonyl (C=O) groups excluding carboxylic acids is 2. The van der Waals surface area contributed by atoms with Gasteiger partial charge in [0.1, 0.15) is 11.9 Å². The van der Waals surface area contributed by atoms with Gasteiger partial charge in [-0.3, -0.25) is 14.5 Å². The zero-order valence-electron chi connectivity index (χ0n) is 21.7. The van der Waals surface area contributed by atoms with E-state index in [0.29, 0.717) is 31.1 Å². The van der Waals surface area contributed by atoms with Gasteiger partial charge in [-0.25, -0.2) is 23.1 Å². The largest absolute Gasteiger partial charge is 0.383 e. The van der Waals surface area contributed by atoms with Crippen molar-refractivity contribution in [1.82, 2.24) is 15.3 Å². The number of benzene rings is 2. The van der Waals surface area contributed by atoms with Crippen molar-refractivity contribution in [1.29, 1.82) is 0 Å². The minimum Gasteiger partial charge on any atom is -0.383 e. The minimum absolute atomic E-state index is 0.143. The number of hydrogen-bond donors (Lipinski definition) is 1. The van der Waals surface area contributed by atoms with Crippen LogP contribution in [0.5, 0.6) is 0 Å². The number of rotatable bonds is 11. The molecule has 8 nitrogen and oxygen atoms in total. The lowest BCUT2D eigenvalue weighted by Crippen LogP contribution is -2.53. The van der Waals surface area contributed by atoms with Crippen LogP contribution in [0.4, 0.5) is 24.8 Å². The highest BCUT2D eigenvalue weighted by molar-refractivity contribution is 6.31. The SMILES string of the molecule is C=CN(CCOC)c1ncccn1.O=CN(c1cccc(F)c1)C(C(=O)NC1CC(F)(F)C1)c1ccccc1Cl. The van der Waals surface area contributed by atoms with Crippen LogP contribution in [0.3, 0.4) is 0 Å². The Labute approximate surface area is 235 Å². The van der Waals surface area contributed by atoms with Gasteiger partial charge in [-0.05, 0) is 36.5 Å². The van der Waals surface area contributed by atoms with Crippen LogP contribution in [0.15, 0.2) is 79.8 Å². The summed E-state index contributed by atoms with van der Waals surface area (Å²) in [7, 11) is 1.66. The average molecular weight is 576 g/mol. The Morgan fingerprint density at radius 2 is 1.90 bits per heavy atom. The van der Waals surface area contributed by atoms with Gasteiger partial charge in [0.25, 0.3) is 5.92 Å². The summed E-state index contributed by atoms with van der Waals surface area (Å²) in [6.07, 6.45) is 4.55.